The van der Waals surface area contributed by atoms with Crippen LogP contribution in [0, 0.1) is 0 Å². The fourth-order valence-corrected chi connectivity index (χ4v) is 2.56. The Bertz CT molecular complexity index is 722. The van der Waals surface area contributed by atoms with Crippen LogP contribution in [0.25, 0.3) is 4.96 Å². The first-order valence-electron chi connectivity index (χ1n) is 6.39. The molecule has 7 nitrogen and oxygen atoms in total. The molecule has 0 aliphatic carbocycles. The first kappa shape index (κ1) is 15.2. The Hall–Kier alpha value is -2.22. The molecule has 0 saturated carbocycles. The lowest BCUT2D eigenvalue weighted by molar-refractivity contribution is -0.141. The van der Waals surface area contributed by atoms with Gasteiger partial charge in [0.1, 0.15) is 12.1 Å². The Morgan fingerprint density at radius 1 is 1.48 bits per heavy atom. The molecule has 0 N–H and O–H groups in total. The fraction of sp³-hybridized carbons (Fsp3) is 0.385. The van der Waals surface area contributed by atoms with Gasteiger partial charge >= 0.3 is 5.97 Å². The summed E-state index contributed by atoms with van der Waals surface area (Å²) in [5.74, 6) is -1.04. The van der Waals surface area contributed by atoms with E-state index in [1.165, 1.54) is 33.9 Å². The molecule has 0 aromatic carbocycles. The third-order valence-electron chi connectivity index (χ3n) is 2.90. The van der Waals surface area contributed by atoms with Gasteiger partial charge in [0.15, 0.2) is 4.96 Å². The number of rotatable bonds is 5. The van der Waals surface area contributed by atoms with Crippen LogP contribution in [0.15, 0.2) is 22.6 Å². The van der Waals surface area contributed by atoms with Crippen LogP contribution in [0.4, 0.5) is 0 Å². The number of methoxy groups -OCH3 is 1. The Morgan fingerprint density at radius 3 is 2.90 bits per heavy atom. The van der Waals surface area contributed by atoms with Crippen molar-refractivity contribution in [2.45, 2.75) is 13.3 Å². The Balaban J connectivity index is 2.36. The van der Waals surface area contributed by atoms with Crippen molar-refractivity contribution in [1.82, 2.24) is 14.3 Å². The van der Waals surface area contributed by atoms with Crippen LogP contribution < -0.4 is 5.56 Å². The minimum Gasteiger partial charge on any atom is -0.468 e. The number of amides is 1. The van der Waals surface area contributed by atoms with Gasteiger partial charge in [0, 0.05) is 24.3 Å². The van der Waals surface area contributed by atoms with E-state index in [9.17, 15) is 14.4 Å². The Kier molecular flexibility index (Phi) is 4.69. The van der Waals surface area contributed by atoms with Crippen molar-refractivity contribution in [2.24, 2.45) is 0 Å². The highest BCUT2D eigenvalue weighted by atomic mass is 32.1. The van der Waals surface area contributed by atoms with E-state index in [-0.39, 0.29) is 12.1 Å². The van der Waals surface area contributed by atoms with Gasteiger partial charge in [-0.2, -0.15) is 0 Å². The lowest BCUT2D eigenvalue weighted by Crippen LogP contribution is -2.39. The Morgan fingerprint density at radius 2 is 2.24 bits per heavy atom. The highest BCUT2D eigenvalue weighted by Crippen LogP contribution is 2.07. The number of nitrogens with zero attached hydrogens (tertiary/aromatic N) is 3. The predicted molar refractivity (Wildman–Crippen MR) is 77.5 cm³/mol. The SMILES string of the molecule is CCCN(CC(=O)OC)C(=O)c1cnc2sccn2c1=O. The van der Waals surface area contributed by atoms with E-state index in [0.717, 1.165) is 0 Å². The van der Waals surface area contributed by atoms with Gasteiger partial charge in [-0.1, -0.05) is 6.92 Å². The molecule has 0 saturated heterocycles. The van der Waals surface area contributed by atoms with Crippen molar-refractivity contribution in [3.05, 3.63) is 33.7 Å². The lowest BCUT2D eigenvalue weighted by Gasteiger charge is -2.20. The first-order valence-corrected chi connectivity index (χ1v) is 7.27. The van der Waals surface area contributed by atoms with E-state index in [2.05, 4.69) is 9.72 Å². The van der Waals surface area contributed by atoms with Crippen molar-refractivity contribution in [3.8, 4) is 0 Å². The van der Waals surface area contributed by atoms with Crippen LogP contribution in [0.1, 0.15) is 23.7 Å². The molecule has 2 aromatic heterocycles. The standard InChI is InChI=1S/C13H15N3O4S/c1-3-4-15(8-10(17)20-2)11(18)9-7-14-13-16(12(9)19)5-6-21-13/h5-7H,3-4,8H2,1-2H3. The molecule has 0 unspecified atom stereocenters. The number of thiazole rings is 1. The first-order chi connectivity index (χ1) is 10.1. The lowest BCUT2D eigenvalue weighted by atomic mass is 10.2. The zero-order valence-corrected chi connectivity index (χ0v) is 12.6. The number of esters is 1. The predicted octanol–water partition coefficient (Wildman–Crippen LogP) is 0.781. The average Bonchev–Trinajstić information content (AvgIpc) is 2.95. The molecule has 112 valence electrons. The summed E-state index contributed by atoms with van der Waals surface area (Å²) in [6.45, 7) is 2.05. The summed E-state index contributed by atoms with van der Waals surface area (Å²) in [5.41, 5.74) is -0.486. The molecule has 2 aromatic rings. The van der Waals surface area contributed by atoms with E-state index >= 15 is 0 Å². The van der Waals surface area contributed by atoms with E-state index in [1.54, 1.807) is 11.6 Å². The average molecular weight is 309 g/mol. The molecule has 0 bridgehead atoms. The molecule has 0 radical (unpaired) electrons. The number of ether oxygens (including phenoxy) is 1. The van der Waals surface area contributed by atoms with Crippen LogP contribution in [0.5, 0.6) is 0 Å². The zero-order chi connectivity index (χ0) is 15.4. The van der Waals surface area contributed by atoms with Gasteiger partial charge in [0.2, 0.25) is 0 Å². The van der Waals surface area contributed by atoms with Gasteiger partial charge in [-0.15, -0.1) is 11.3 Å². The number of aromatic nitrogens is 2. The number of hydrogen-bond donors (Lipinski definition) is 0. The molecule has 2 heterocycles. The number of fused-ring (bicyclic) bond motifs is 1. The summed E-state index contributed by atoms with van der Waals surface area (Å²) in [7, 11) is 1.25. The Labute approximate surface area is 124 Å². The summed E-state index contributed by atoms with van der Waals surface area (Å²) in [5, 5.41) is 1.72. The summed E-state index contributed by atoms with van der Waals surface area (Å²) >= 11 is 1.31. The van der Waals surface area contributed by atoms with Crippen LogP contribution in [-0.4, -0.2) is 46.4 Å². The third kappa shape index (κ3) is 3.10. The topological polar surface area (TPSA) is 81.0 Å². The molecule has 21 heavy (non-hydrogen) atoms. The van der Waals surface area contributed by atoms with Gasteiger partial charge in [0.05, 0.1) is 7.11 Å². The molecule has 8 heteroatoms. The minimum absolute atomic E-state index is 0.0525. The molecule has 0 atom stereocenters. The van der Waals surface area contributed by atoms with E-state index in [4.69, 9.17) is 0 Å². The van der Waals surface area contributed by atoms with E-state index in [0.29, 0.717) is 17.9 Å². The second-order valence-electron chi connectivity index (χ2n) is 4.34. The maximum absolute atomic E-state index is 12.4. The second kappa shape index (κ2) is 6.49. The summed E-state index contributed by atoms with van der Waals surface area (Å²) in [6.07, 6.45) is 3.49. The van der Waals surface area contributed by atoms with Gasteiger partial charge in [-0.05, 0) is 6.42 Å². The van der Waals surface area contributed by atoms with Crippen molar-refractivity contribution in [1.29, 1.82) is 0 Å². The molecular weight excluding hydrogens is 294 g/mol. The van der Waals surface area contributed by atoms with E-state index in [1.807, 2.05) is 6.92 Å². The van der Waals surface area contributed by atoms with E-state index < -0.39 is 17.4 Å². The molecule has 0 aliphatic rings. The summed E-state index contributed by atoms with van der Waals surface area (Å²) < 4.78 is 5.89. The molecule has 1 amide bonds. The highest BCUT2D eigenvalue weighted by Gasteiger charge is 2.22. The highest BCUT2D eigenvalue weighted by molar-refractivity contribution is 7.15. The van der Waals surface area contributed by atoms with Crippen molar-refractivity contribution < 1.29 is 14.3 Å². The van der Waals surface area contributed by atoms with Gasteiger partial charge < -0.3 is 9.64 Å². The maximum Gasteiger partial charge on any atom is 0.325 e. The van der Waals surface area contributed by atoms with Crippen molar-refractivity contribution in [2.75, 3.05) is 20.2 Å². The molecule has 0 aliphatic heterocycles. The smallest absolute Gasteiger partial charge is 0.325 e. The number of carbonyl (C=O) groups is 2. The quantitative estimate of drug-likeness (QED) is 0.762. The van der Waals surface area contributed by atoms with Crippen LogP contribution in [-0.2, 0) is 9.53 Å². The van der Waals surface area contributed by atoms with Gasteiger partial charge in [-0.3, -0.25) is 18.8 Å². The van der Waals surface area contributed by atoms with Crippen LogP contribution >= 0.6 is 11.3 Å². The van der Waals surface area contributed by atoms with Gasteiger partial charge in [-0.25, -0.2) is 4.98 Å². The monoisotopic (exact) mass is 309 g/mol. The summed E-state index contributed by atoms with van der Waals surface area (Å²) in [6, 6.07) is 0. The second-order valence-corrected chi connectivity index (χ2v) is 5.21. The minimum atomic E-state index is -0.526. The molecular formula is C13H15N3O4S. The number of hydrogen-bond acceptors (Lipinski definition) is 6. The summed E-state index contributed by atoms with van der Waals surface area (Å²) in [4.78, 5) is 42.0. The van der Waals surface area contributed by atoms with Crippen LogP contribution in [0.2, 0.25) is 0 Å². The molecule has 2 rings (SSSR count). The van der Waals surface area contributed by atoms with Crippen molar-refractivity contribution >= 4 is 28.2 Å². The molecule has 0 spiro atoms. The largest absolute Gasteiger partial charge is 0.468 e. The third-order valence-corrected chi connectivity index (χ3v) is 3.67. The zero-order valence-electron chi connectivity index (χ0n) is 11.7. The number of carbonyl (C=O) groups excluding carboxylic acids is 2. The van der Waals surface area contributed by atoms with Gasteiger partial charge in [0.25, 0.3) is 11.5 Å². The molecule has 0 fully saturated rings. The normalized spacial score (nSPS) is 10.6. The fourth-order valence-electron chi connectivity index (χ4n) is 1.88. The maximum atomic E-state index is 12.4. The van der Waals surface area contributed by atoms with Crippen molar-refractivity contribution in [3.63, 3.8) is 0 Å². The van der Waals surface area contributed by atoms with Crippen LogP contribution in [0.3, 0.4) is 0 Å².